The van der Waals surface area contributed by atoms with Gasteiger partial charge in [-0.1, -0.05) is 13.8 Å². The zero-order valence-electron chi connectivity index (χ0n) is 12.1. The quantitative estimate of drug-likeness (QED) is 0.766. The summed E-state index contributed by atoms with van der Waals surface area (Å²) in [6, 6.07) is 8.17. The molecule has 1 aromatic carbocycles. The van der Waals surface area contributed by atoms with E-state index in [1.54, 1.807) is 0 Å². The SMILES string of the molecule is CCN(CC)CCNc1ccc(OC(C)C)cc1. The summed E-state index contributed by atoms with van der Waals surface area (Å²) in [5.74, 6) is 0.930. The standard InChI is InChI=1S/C15H26N2O/c1-5-17(6-2)12-11-16-14-7-9-15(10-8-14)18-13(3)4/h7-10,13,16H,5-6,11-12H2,1-4H3. The fraction of sp³-hybridized carbons (Fsp3) is 0.600. The molecule has 0 aromatic heterocycles. The maximum atomic E-state index is 5.61. The first-order valence-corrected chi connectivity index (χ1v) is 6.88. The van der Waals surface area contributed by atoms with Crippen LogP contribution in [-0.4, -0.2) is 37.2 Å². The van der Waals surface area contributed by atoms with Gasteiger partial charge in [0.2, 0.25) is 0 Å². The van der Waals surface area contributed by atoms with E-state index in [4.69, 9.17) is 4.74 Å². The molecular formula is C15H26N2O. The van der Waals surface area contributed by atoms with E-state index in [0.29, 0.717) is 0 Å². The van der Waals surface area contributed by atoms with Gasteiger partial charge in [-0.05, 0) is 51.2 Å². The second-order valence-corrected chi connectivity index (χ2v) is 4.64. The zero-order valence-corrected chi connectivity index (χ0v) is 12.1. The average Bonchev–Trinajstić information content (AvgIpc) is 2.36. The Hall–Kier alpha value is -1.22. The number of benzene rings is 1. The highest BCUT2D eigenvalue weighted by Gasteiger charge is 2.00. The molecule has 1 aromatic rings. The van der Waals surface area contributed by atoms with Crippen LogP contribution >= 0.6 is 0 Å². The van der Waals surface area contributed by atoms with Gasteiger partial charge in [-0.25, -0.2) is 0 Å². The van der Waals surface area contributed by atoms with Gasteiger partial charge in [0.1, 0.15) is 5.75 Å². The van der Waals surface area contributed by atoms with Crippen LogP contribution < -0.4 is 10.1 Å². The lowest BCUT2D eigenvalue weighted by molar-refractivity contribution is 0.242. The molecule has 3 nitrogen and oxygen atoms in total. The Morgan fingerprint density at radius 2 is 1.72 bits per heavy atom. The average molecular weight is 250 g/mol. The number of nitrogens with one attached hydrogen (secondary N) is 1. The molecule has 0 radical (unpaired) electrons. The highest BCUT2D eigenvalue weighted by Crippen LogP contribution is 2.16. The van der Waals surface area contributed by atoms with E-state index in [1.165, 1.54) is 0 Å². The molecule has 3 heteroatoms. The molecule has 102 valence electrons. The molecule has 0 aliphatic rings. The minimum atomic E-state index is 0.228. The smallest absolute Gasteiger partial charge is 0.119 e. The van der Waals surface area contributed by atoms with Gasteiger partial charge in [-0.3, -0.25) is 0 Å². The summed E-state index contributed by atoms with van der Waals surface area (Å²) >= 11 is 0. The van der Waals surface area contributed by atoms with Gasteiger partial charge in [-0.15, -0.1) is 0 Å². The van der Waals surface area contributed by atoms with Crippen molar-refractivity contribution in [2.45, 2.75) is 33.8 Å². The lowest BCUT2D eigenvalue weighted by Crippen LogP contribution is -2.28. The van der Waals surface area contributed by atoms with E-state index in [1.807, 2.05) is 26.0 Å². The predicted molar refractivity (Wildman–Crippen MR) is 78.5 cm³/mol. The van der Waals surface area contributed by atoms with Gasteiger partial charge in [0, 0.05) is 18.8 Å². The molecule has 0 amide bonds. The van der Waals surface area contributed by atoms with Crippen molar-refractivity contribution in [3.63, 3.8) is 0 Å². The highest BCUT2D eigenvalue weighted by molar-refractivity contribution is 5.46. The summed E-state index contributed by atoms with van der Waals surface area (Å²) in [4.78, 5) is 2.41. The summed E-state index contributed by atoms with van der Waals surface area (Å²) in [7, 11) is 0. The van der Waals surface area contributed by atoms with Crippen LogP contribution in [0.5, 0.6) is 5.75 Å². The minimum absolute atomic E-state index is 0.228. The van der Waals surface area contributed by atoms with Crippen molar-refractivity contribution < 1.29 is 4.74 Å². The first-order chi connectivity index (χ1) is 8.65. The van der Waals surface area contributed by atoms with Crippen molar-refractivity contribution in [3.8, 4) is 5.75 Å². The summed E-state index contributed by atoms with van der Waals surface area (Å²) in [6.07, 6.45) is 0.228. The van der Waals surface area contributed by atoms with Crippen molar-refractivity contribution in [1.29, 1.82) is 0 Å². The van der Waals surface area contributed by atoms with Crippen LogP contribution in [0.15, 0.2) is 24.3 Å². The summed E-state index contributed by atoms with van der Waals surface area (Å²) < 4.78 is 5.61. The van der Waals surface area contributed by atoms with E-state index < -0.39 is 0 Å². The predicted octanol–water partition coefficient (Wildman–Crippen LogP) is 3.23. The Kier molecular flexibility index (Phi) is 6.58. The summed E-state index contributed by atoms with van der Waals surface area (Å²) in [5, 5.41) is 3.43. The normalized spacial score (nSPS) is 11.0. The van der Waals surface area contributed by atoms with Crippen LogP contribution in [0.3, 0.4) is 0 Å². The Morgan fingerprint density at radius 3 is 2.22 bits per heavy atom. The number of rotatable bonds is 8. The highest BCUT2D eigenvalue weighted by atomic mass is 16.5. The number of hydrogen-bond acceptors (Lipinski definition) is 3. The maximum Gasteiger partial charge on any atom is 0.119 e. The summed E-state index contributed by atoms with van der Waals surface area (Å²) in [5.41, 5.74) is 1.15. The molecule has 0 unspecified atom stereocenters. The first kappa shape index (κ1) is 14.8. The Balaban J connectivity index is 2.35. The monoisotopic (exact) mass is 250 g/mol. The molecule has 18 heavy (non-hydrogen) atoms. The van der Waals surface area contributed by atoms with Crippen molar-refractivity contribution in [2.24, 2.45) is 0 Å². The molecule has 0 heterocycles. The topological polar surface area (TPSA) is 24.5 Å². The third-order valence-corrected chi connectivity index (χ3v) is 2.88. The van der Waals surface area contributed by atoms with Crippen LogP contribution in [0, 0.1) is 0 Å². The zero-order chi connectivity index (χ0) is 13.4. The lowest BCUT2D eigenvalue weighted by Gasteiger charge is -2.18. The molecule has 0 bridgehead atoms. The van der Waals surface area contributed by atoms with Gasteiger partial charge in [0.15, 0.2) is 0 Å². The van der Waals surface area contributed by atoms with E-state index in [-0.39, 0.29) is 6.10 Å². The van der Waals surface area contributed by atoms with Crippen molar-refractivity contribution >= 4 is 5.69 Å². The maximum absolute atomic E-state index is 5.61. The van der Waals surface area contributed by atoms with E-state index in [9.17, 15) is 0 Å². The Morgan fingerprint density at radius 1 is 1.11 bits per heavy atom. The molecule has 0 saturated heterocycles. The van der Waals surface area contributed by atoms with Crippen LogP contribution in [0.4, 0.5) is 5.69 Å². The van der Waals surface area contributed by atoms with E-state index in [0.717, 1.165) is 37.6 Å². The van der Waals surface area contributed by atoms with E-state index in [2.05, 4.69) is 36.2 Å². The second-order valence-electron chi connectivity index (χ2n) is 4.64. The molecule has 0 fully saturated rings. The molecular weight excluding hydrogens is 224 g/mol. The molecule has 1 rings (SSSR count). The third-order valence-electron chi connectivity index (χ3n) is 2.88. The lowest BCUT2D eigenvalue weighted by atomic mass is 10.3. The van der Waals surface area contributed by atoms with Crippen molar-refractivity contribution in [3.05, 3.63) is 24.3 Å². The number of ether oxygens (including phenoxy) is 1. The van der Waals surface area contributed by atoms with Crippen LogP contribution in [0.1, 0.15) is 27.7 Å². The molecule has 0 aliphatic heterocycles. The number of anilines is 1. The third kappa shape index (κ3) is 5.41. The molecule has 0 aliphatic carbocycles. The minimum Gasteiger partial charge on any atom is -0.491 e. The molecule has 0 spiro atoms. The first-order valence-electron chi connectivity index (χ1n) is 6.88. The molecule has 0 saturated carbocycles. The number of nitrogens with zero attached hydrogens (tertiary/aromatic N) is 1. The fourth-order valence-electron chi connectivity index (χ4n) is 1.82. The number of likely N-dealkylation sites (N-methyl/N-ethyl adjacent to an activating group) is 1. The Labute approximate surface area is 111 Å². The second kappa shape index (κ2) is 7.98. The number of hydrogen-bond donors (Lipinski definition) is 1. The largest absolute Gasteiger partial charge is 0.491 e. The fourth-order valence-corrected chi connectivity index (χ4v) is 1.82. The van der Waals surface area contributed by atoms with Crippen LogP contribution in [-0.2, 0) is 0 Å². The summed E-state index contributed by atoms with van der Waals surface area (Å²) in [6.45, 7) is 12.7. The molecule has 0 atom stereocenters. The van der Waals surface area contributed by atoms with Crippen molar-refractivity contribution in [2.75, 3.05) is 31.5 Å². The van der Waals surface area contributed by atoms with Gasteiger partial charge in [0.05, 0.1) is 6.10 Å². The van der Waals surface area contributed by atoms with Gasteiger partial charge in [0.25, 0.3) is 0 Å². The van der Waals surface area contributed by atoms with Crippen LogP contribution in [0.2, 0.25) is 0 Å². The molecule has 1 N–H and O–H groups in total. The van der Waals surface area contributed by atoms with E-state index >= 15 is 0 Å². The van der Waals surface area contributed by atoms with Crippen LogP contribution in [0.25, 0.3) is 0 Å². The van der Waals surface area contributed by atoms with Gasteiger partial charge in [-0.2, -0.15) is 0 Å². The van der Waals surface area contributed by atoms with Gasteiger partial charge >= 0.3 is 0 Å². The van der Waals surface area contributed by atoms with Crippen molar-refractivity contribution in [1.82, 2.24) is 4.90 Å². The Bertz CT molecular complexity index is 318. The van der Waals surface area contributed by atoms with Gasteiger partial charge < -0.3 is 15.0 Å².